The van der Waals surface area contributed by atoms with E-state index in [0.29, 0.717) is 6.42 Å². The largest absolute Gasteiger partial charge is 0.280 e. The molecule has 0 aromatic heterocycles. The number of carbonyl (C=O) groups is 1. The van der Waals surface area contributed by atoms with E-state index < -0.39 is 0 Å². The van der Waals surface area contributed by atoms with Crippen LogP contribution >= 0.6 is 15.9 Å². The van der Waals surface area contributed by atoms with Crippen LogP contribution in [0.5, 0.6) is 0 Å². The molecule has 1 fully saturated rings. The molecule has 0 atom stereocenters. The van der Waals surface area contributed by atoms with Gasteiger partial charge in [-0.1, -0.05) is 12.1 Å². The van der Waals surface area contributed by atoms with Crippen LogP contribution in [0.1, 0.15) is 12.0 Å². The molecule has 0 saturated carbocycles. The van der Waals surface area contributed by atoms with Gasteiger partial charge in [-0.25, -0.2) is 0 Å². The first kappa shape index (κ1) is 9.40. The Bertz CT molecular complexity index is 401. The lowest BCUT2D eigenvalue weighted by atomic mass is 10.2. The molecule has 4 heteroatoms. The van der Waals surface area contributed by atoms with E-state index in [4.69, 9.17) is 0 Å². The summed E-state index contributed by atoms with van der Waals surface area (Å²) in [4.78, 5) is 10.9. The van der Waals surface area contributed by atoms with Crippen LogP contribution in [0.15, 0.2) is 28.7 Å². The summed E-state index contributed by atoms with van der Waals surface area (Å²) in [5, 5.41) is 0. The van der Waals surface area contributed by atoms with Crippen molar-refractivity contribution in [3.8, 4) is 0 Å². The lowest BCUT2D eigenvalue weighted by Gasteiger charge is -1.95. The Morgan fingerprint density at radius 2 is 2.21 bits per heavy atom. The fourth-order valence-corrected chi connectivity index (χ4v) is 1.73. The molecule has 1 aromatic carbocycles. The van der Waals surface area contributed by atoms with Crippen LogP contribution in [0.3, 0.4) is 0 Å². The number of nitrogens with one attached hydrogen (secondary N) is 1. The highest BCUT2D eigenvalue weighted by molar-refractivity contribution is 9.10. The molecule has 0 radical (unpaired) electrons. The van der Waals surface area contributed by atoms with E-state index in [2.05, 4.69) is 21.4 Å². The molecule has 0 bridgehead atoms. The van der Waals surface area contributed by atoms with E-state index in [1.807, 2.05) is 35.2 Å². The van der Waals surface area contributed by atoms with Crippen LogP contribution in [0.2, 0.25) is 0 Å². The summed E-state index contributed by atoms with van der Waals surface area (Å²) in [5.74, 6) is 0.0771. The van der Waals surface area contributed by atoms with Gasteiger partial charge in [-0.05, 0) is 28.1 Å². The van der Waals surface area contributed by atoms with E-state index in [0.717, 1.165) is 16.6 Å². The van der Waals surface area contributed by atoms with Crippen LogP contribution in [-0.4, -0.2) is 23.4 Å². The standard InChI is InChI=1S/C10H9BrN2O/c11-9-4-2-1-3-8(9)7-13-6-5-10(14)12-13/h1-4,7H,5-6H2/p+1/b13-7+. The Hall–Kier alpha value is -1.16. The van der Waals surface area contributed by atoms with E-state index in [1.54, 1.807) is 0 Å². The number of hydrazine groups is 1. The molecule has 0 spiro atoms. The zero-order valence-electron chi connectivity index (χ0n) is 7.53. The Morgan fingerprint density at radius 1 is 1.43 bits per heavy atom. The van der Waals surface area contributed by atoms with Crippen molar-refractivity contribution in [1.29, 1.82) is 0 Å². The second-order valence-corrected chi connectivity index (χ2v) is 3.98. The maximum absolute atomic E-state index is 10.9. The van der Waals surface area contributed by atoms with Gasteiger partial charge in [0, 0.05) is 4.47 Å². The van der Waals surface area contributed by atoms with Crippen LogP contribution < -0.4 is 5.43 Å². The zero-order chi connectivity index (χ0) is 9.97. The van der Waals surface area contributed by atoms with E-state index in [-0.39, 0.29) is 5.91 Å². The van der Waals surface area contributed by atoms with Gasteiger partial charge < -0.3 is 0 Å². The first-order valence-electron chi connectivity index (χ1n) is 4.41. The summed E-state index contributed by atoms with van der Waals surface area (Å²) in [6.07, 6.45) is 2.50. The molecular formula is C10H10BrN2O+. The molecule has 1 aliphatic rings. The van der Waals surface area contributed by atoms with Crippen molar-refractivity contribution >= 4 is 28.1 Å². The molecule has 1 N–H and O–H groups in total. The quantitative estimate of drug-likeness (QED) is 0.753. The summed E-state index contributed by atoms with van der Waals surface area (Å²) in [6.45, 7) is 0.736. The molecule has 1 aliphatic heterocycles. The van der Waals surface area contributed by atoms with E-state index in [1.165, 1.54) is 0 Å². The maximum Gasteiger partial charge on any atom is 0.280 e. The third-order valence-electron chi connectivity index (χ3n) is 2.05. The fourth-order valence-electron chi connectivity index (χ4n) is 1.34. The van der Waals surface area contributed by atoms with Crippen molar-refractivity contribution in [3.63, 3.8) is 0 Å². The molecule has 14 heavy (non-hydrogen) atoms. The topological polar surface area (TPSA) is 32.1 Å². The van der Waals surface area contributed by atoms with Crippen molar-refractivity contribution in [1.82, 2.24) is 5.43 Å². The molecule has 1 heterocycles. The first-order chi connectivity index (χ1) is 6.75. The molecule has 0 aliphatic carbocycles. The number of halogens is 1. The summed E-state index contributed by atoms with van der Waals surface area (Å²) in [7, 11) is 0. The van der Waals surface area contributed by atoms with Crippen LogP contribution in [0.25, 0.3) is 0 Å². The number of hydrazone groups is 1. The summed E-state index contributed by atoms with van der Waals surface area (Å²) in [5.41, 5.74) is 3.81. The molecule has 0 unspecified atom stereocenters. The van der Waals surface area contributed by atoms with Gasteiger partial charge in [-0.3, -0.25) is 4.79 Å². The summed E-state index contributed by atoms with van der Waals surface area (Å²) >= 11 is 3.45. The number of benzene rings is 1. The van der Waals surface area contributed by atoms with Crippen molar-refractivity contribution in [3.05, 3.63) is 34.3 Å². The van der Waals surface area contributed by atoms with Crippen molar-refractivity contribution in [2.75, 3.05) is 6.54 Å². The number of nitrogens with zero attached hydrogens (tertiary/aromatic N) is 1. The molecule has 2 rings (SSSR count). The second-order valence-electron chi connectivity index (χ2n) is 3.13. The monoisotopic (exact) mass is 253 g/mol. The minimum absolute atomic E-state index is 0.0771. The van der Waals surface area contributed by atoms with E-state index in [9.17, 15) is 4.79 Å². The lowest BCUT2D eigenvalue weighted by Crippen LogP contribution is -2.25. The van der Waals surface area contributed by atoms with Gasteiger partial charge in [0.25, 0.3) is 5.91 Å². The molecule has 3 nitrogen and oxygen atoms in total. The second kappa shape index (κ2) is 3.92. The van der Waals surface area contributed by atoms with Gasteiger partial charge in [0.1, 0.15) is 0 Å². The SMILES string of the molecule is O=C1CC/[N+](=C\c2ccccc2Br)N1. The Labute approximate surface area is 90.5 Å². The smallest absolute Gasteiger partial charge is 0.269 e. The van der Waals surface area contributed by atoms with Crippen LogP contribution in [0.4, 0.5) is 0 Å². The highest BCUT2D eigenvalue weighted by Crippen LogP contribution is 2.13. The zero-order valence-corrected chi connectivity index (χ0v) is 9.12. The van der Waals surface area contributed by atoms with Gasteiger partial charge in [0.05, 0.1) is 12.0 Å². The number of hydrogen-bond acceptors (Lipinski definition) is 1. The number of rotatable bonds is 1. The highest BCUT2D eigenvalue weighted by Gasteiger charge is 2.20. The molecule has 1 amide bonds. The Morgan fingerprint density at radius 3 is 2.86 bits per heavy atom. The minimum atomic E-state index is 0.0771. The third kappa shape index (κ3) is 2.01. The maximum atomic E-state index is 10.9. The van der Waals surface area contributed by atoms with Crippen LogP contribution in [0, 0.1) is 0 Å². The van der Waals surface area contributed by atoms with Crippen molar-refractivity contribution in [2.24, 2.45) is 0 Å². The average Bonchev–Trinajstić information content (AvgIpc) is 2.56. The first-order valence-corrected chi connectivity index (χ1v) is 5.20. The molecule has 1 aromatic rings. The fraction of sp³-hybridized carbons (Fsp3) is 0.200. The van der Waals surface area contributed by atoms with Gasteiger partial charge in [0.15, 0.2) is 6.54 Å². The minimum Gasteiger partial charge on any atom is -0.269 e. The molecule has 72 valence electrons. The van der Waals surface area contributed by atoms with E-state index >= 15 is 0 Å². The average molecular weight is 254 g/mol. The number of hydrogen-bond donors (Lipinski definition) is 1. The summed E-state index contributed by atoms with van der Waals surface area (Å²) in [6, 6.07) is 7.90. The lowest BCUT2D eigenvalue weighted by molar-refractivity contribution is -0.553. The van der Waals surface area contributed by atoms with Gasteiger partial charge in [-0.2, -0.15) is 0 Å². The normalized spacial score (nSPS) is 18.6. The van der Waals surface area contributed by atoms with Crippen molar-refractivity contribution in [2.45, 2.75) is 6.42 Å². The number of carbonyl (C=O) groups excluding carboxylic acids is 1. The predicted molar refractivity (Wildman–Crippen MR) is 57.2 cm³/mol. The highest BCUT2D eigenvalue weighted by atomic mass is 79.9. The van der Waals surface area contributed by atoms with Gasteiger partial charge >= 0.3 is 0 Å². The Balaban J connectivity index is 2.25. The summed E-state index contributed by atoms with van der Waals surface area (Å²) < 4.78 is 2.84. The van der Waals surface area contributed by atoms with Gasteiger partial charge in [0.2, 0.25) is 6.21 Å². The van der Waals surface area contributed by atoms with Gasteiger partial charge in [-0.15, -0.1) is 10.1 Å². The number of amides is 1. The Kier molecular flexibility index (Phi) is 2.63. The third-order valence-corrected chi connectivity index (χ3v) is 2.77. The van der Waals surface area contributed by atoms with Crippen molar-refractivity contribution < 1.29 is 9.48 Å². The predicted octanol–water partition coefficient (Wildman–Crippen LogP) is 1.32. The van der Waals surface area contributed by atoms with Crippen LogP contribution in [-0.2, 0) is 4.79 Å². The molecule has 1 saturated heterocycles. The molecular weight excluding hydrogens is 244 g/mol.